The van der Waals surface area contributed by atoms with Crippen LogP contribution < -0.4 is 5.32 Å². The fourth-order valence-electron chi connectivity index (χ4n) is 2.58. The average molecular weight is 284 g/mol. The number of rotatable bonds is 1. The molecule has 108 valence electrons. The molecule has 1 N–H and O–H groups in total. The Morgan fingerprint density at radius 1 is 1.38 bits per heavy atom. The normalized spacial score (nSPS) is 21.4. The number of carbonyl (C=O) groups excluding carboxylic acids is 1. The fraction of sp³-hybridized carbons (Fsp3) is 0.429. The number of nitrogens with one attached hydrogen (secondary N) is 1. The molecule has 2 aliphatic heterocycles. The van der Waals surface area contributed by atoms with Crippen molar-refractivity contribution in [1.82, 2.24) is 20.2 Å². The number of hydrazone groups is 1. The molecule has 0 radical (unpaired) electrons. The van der Waals surface area contributed by atoms with E-state index in [1.807, 2.05) is 0 Å². The third-order valence-corrected chi connectivity index (χ3v) is 3.69. The fourth-order valence-corrected chi connectivity index (χ4v) is 2.58. The molecule has 3 heterocycles. The van der Waals surface area contributed by atoms with Crippen molar-refractivity contribution >= 4 is 12.2 Å². The monoisotopic (exact) mass is 284 g/mol. The Hall–Kier alpha value is -2.46. The van der Waals surface area contributed by atoms with E-state index in [9.17, 15) is 4.79 Å². The first-order valence-corrected chi connectivity index (χ1v) is 6.96. The van der Waals surface area contributed by atoms with E-state index in [2.05, 4.69) is 21.5 Å². The topological polar surface area (TPSA) is 84.6 Å². The first-order chi connectivity index (χ1) is 10.3. The molecule has 0 bridgehead atoms. The molecule has 1 aromatic rings. The number of piperazine rings is 1. The van der Waals surface area contributed by atoms with Crippen LogP contribution in [0.2, 0.25) is 0 Å². The van der Waals surface area contributed by atoms with Gasteiger partial charge in [-0.2, -0.15) is 10.4 Å². The van der Waals surface area contributed by atoms with Crippen LogP contribution in [-0.2, 0) is 0 Å². The molecule has 0 aliphatic carbocycles. The Kier molecular flexibility index (Phi) is 3.79. The van der Waals surface area contributed by atoms with Crippen LogP contribution in [0.25, 0.3) is 0 Å². The van der Waals surface area contributed by atoms with Crippen molar-refractivity contribution in [3.05, 3.63) is 29.6 Å². The van der Waals surface area contributed by atoms with Crippen LogP contribution in [0.5, 0.6) is 0 Å². The Balaban J connectivity index is 1.79. The summed E-state index contributed by atoms with van der Waals surface area (Å²) < 4.78 is 0. The highest BCUT2D eigenvalue weighted by molar-refractivity contribution is 5.78. The van der Waals surface area contributed by atoms with Crippen LogP contribution in [0.1, 0.15) is 23.6 Å². The third-order valence-electron chi connectivity index (χ3n) is 3.69. The zero-order chi connectivity index (χ0) is 14.7. The summed E-state index contributed by atoms with van der Waals surface area (Å²) in [5.41, 5.74) is 1.34. The van der Waals surface area contributed by atoms with E-state index >= 15 is 0 Å². The number of hydrogen-bond acceptors (Lipinski definition) is 5. The molecule has 1 unspecified atom stereocenters. The summed E-state index contributed by atoms with van der Waals surface area (Å²) in [6.07, 6.45) is 5.60. The van der Waals surface area contributed by atoms with Crippen molar-refractivity contribution < 1.29 is 4.79 Å². The Morgan fingerprint density at radius 3 is 2.95 bits per heavy atom. The van der Waals surface area contributed by atoms with Crippen molar-refractivity contribution in [3.8, 4) is 6.07 Å². The largest absolute Gasteiger partial charge is 0.341 e. The lowest BCUT2D eigenvalue weighted by atomic mass is 10.1. The highest BCUT2D eigenvalue weighted by Gasteiger charge is 2.32. The SMILES string of the molecule is N#Cc1cncc(C2CC=NN2C(=O)N2CCNCC2)c1. The first-order valence-electron chi connectivity index (χ1n) is 6.96. The van der Waals surface area contributed by atoms with Gasteiger partial charge in [-0.3, -0.25) is 4.98 Å². The van der Waals surface area contributed by atoms with E-state index in [4.69, 9.17) is 5.26 Å². The number of carbonyl (C=O) groups is 1. The molecule has 21 heavy (non-hydrogen) atoms. The maximum Gasteiger partial charge on any atom is 0.341 e. The minimum atomic E-state index is -0.173. The predicted octanol–water partition coefficient (Wildman–Crippen LogP) is 0.711. The van der Waals surface area contributed by atoms with Gasteiger partial charge in [-0.05, 0) is 11.6 Å². The van der Waals surface area contributed by atoms with Crippen molar-refractivity contribution in [2.24, 2.45) is 5.10 Å². The zero-order valence-corrected chi connectivity index (χ0v) is 11.6. The third kappa shape index (κ3) is 2.71. The van der Waals surface area contributed by atoms with Crippen molar-refractivity contribution in [2.45, 2.75) is 12.5 Å². The summed E-state index contributed by atoms with van der Waals surface area (Å²) in [5, 5.41) is 17.9. The smallest absolute Gasteiger partial charge is 0.321 e. The number of urea groups is 1. The lowest BCUT2D eigenvalue weighted by Crippen LogP contribution is -2.50. The summed E-state index contributed by atoms with van der Waals surface area (Å²) in [7, 11) is 0. The van der Waals surface area contributed by atoms with Gasteiger partial charge in [0.1, 0.15) is 6.07 Å². The number of nitriles is 1. The van der Waals surface area contributed by atoms with Gasteiger partial charge in [0.15, 0.2) is 0 Å². The van der Waals surface area contributed by atoms with E-state index in [1.54, 1.807) is 23.4 Å². The minimum Gasteiger partial charge on any atom is -0.321 e. The van der Waals surface area contributed by atoms with Crippen LogP contribution in [0, 0.1) is 11.3 Å². The van der Waals surface area contributed by atoms with Gasteiger partial charge in [-0.1, -0.05) is 0 Å². The maximum absolute atomic E-state index is 12.6. The summed E-state index contributed by atoms with van der Waals surface area (Å²) in [4.78, 5) is 18.4. The molecule has 1 fully saturated rings. The van der Waals surface area contributed by atoms with Gasteiger partial charge >= 0.3 is 6.03 Å². The van der Waals surface area contributed by atoms with Crippen molar-refractivity contribution in [1.29, 1.82) is 5.26 Å². The molecule has 0 spiro atoms. The predicted molar refractivity (Wildman–Crippen MR) is 76.5 cm³/mol. The molecule has 2 aliphatic rings. The molecular formula is C14H16N6O. The van der Waals surface area contributed by atoms with Gasteiger partial charge in [-0.15, -0.1) is 0 Å². The van der Waals surface area contributed by atoms with Gasteiger partial charge in [-0.25, -0.2) is 9.80 Å². The molecule has 1 atom stereocenters. The number of hydrogen-bond donors (Lipinski definition) is 1. The number of pyridine rings is 1. The molecule has 1 aromatic heterocycles. The van der Waals surface area contributed by atoms with E-state index in [0.717, 1.165) is 18.7 Å². The molecule has 7 heteroatoms. The van der Waals surface area contributed by atoms with E-state index < -0.39 is 0 Å². The molecule has 7 nitrogen and oxygen atoms in total. The first kappa shape index (κ1) is 13.5. The van der Waals surface area contributed by atoms with Gasteiger partial charge in [0.25, 0.3) is 0 Å². The van der Waals surface area contributed by atoms with Crippen LogP contribution in [0.3, 0.4) is 0 Å². The molecule has 0 saturated carbocycles. The summed E-state index contributed by atoms with van der Waals surface area (Å²) in [5.74, 6) is 0. The Morgan fingerprint density at radius 2 is 2.19 bits per heavy atom. The highest BCUT2D eigenvalue weighted by Crippen LogP contribution is 2.29. The second-order valence-electron chi connectivity index (χ2n) is 5.03. The van der Waals surface area contributed by atoms with Crippen LogP contribution in [0.15, 0.2) is 23.6 Å². The molecule has 3 rings (SSSR count). The van der Waals surface area contributed by atoms with Crippen LogP contribution >= 0.6 is 0 Å². The van der Waals surface area contributed by atoms with Gasteiger partial charge < -0.3 is 10.2 Å². The minimum absolute atomic E-state index is 0.0855. The number of aromatic nitrogens is 1. The number of nitrogens with zero attached hydrogens (tertiary/aromatic N) is 5. The summed E-state index contributed by atoms with van der Waals surface area (Å²) >= 11 is 0. The molecule has 1 saturated heterocycles. The Bertz CT molecular complexity index is 602. The van der Waals surface area contributed by atoms with Crippen LogP contribution in [0.4, 0.5) is 4.79 Å². The second-order valence-corrected chi connectivity index (χ2v) is 5.03. The molecule has 0 aromatic carbocycles. The molecule has 2 amide bonds. The Labute approximate surface area is 122 Å². The second kappa shape index (κ2) is 5.89. The van der Waals surface area contributed by atoms with Crippen molar-refractivity contribution in [2.75, 3.05) is 26.2 Å². The van der Waals surface area contributed by atoms with Gasteiger partial charge in [0.05, 0.1) is 11.6 Å². The summed E-state index contributed by atoms with van der Waals surface area (Å²) in [6, 6.07) is 3.58. The van der Waals surface area contributed by atoms with E-state index in [0.29, 0.717) is 25.1 Å². The number of amides is 2. The van der Waals surface area contributed by atoms with E-state index in [-0.39, 0.29) is 12.1 Å². The highest BCUT2D eigenvalue weighted by atomic mass is 16.2. The summed E-state index contributed by atoms with van der Waals surface area (Å²) in [6.45, 7) is 2.99. The quantitative estimate of drug-likeness (QED) is 0.823. The lowest BCUT2D eigenvalue weighted by molar-refractivity contribution is 0.136. The van der Waals surface area contributed by atoms with Gasteiger partial charge in [0, 0.05) is 51.2 Å². The van der Waals surface area contributed by atoms with Crippen molar-refractivity contribution in [3.63, 3.8) is 0 Å². The van der Waals surface area contributed by atoms with E-state index in [1.165, 1.54) is 11.2 Å². The maximum atomic E-state index is 12.6. The zero-order valence-electron chi connectivity index (χ0n) is 11.6. The average Bonchev–Trinajstić information content (AvgIpc) is 3.04. The lowest BCUT2D eigenvalue weighted by Gasteiger charge is -2.32. The standard InChI is InChI=1S/C14H16N6O/c15-8-11-7-12(10-17-9-11)13-1-2-18-20(13)14(21)19-5-3-16-4-6-19/h2,7,9-10,13,16H,1,3-6H2. The van der Waals surface area contributed by atoms with Crippen LogP contribution in [-0.4, -0.2) is 53.3 Å². The van der Waals surface area contributed by atoms with Gasteiger partial charge in [0.2, 0.25) is 0 Å². The molecular weight excluding hydrogens is 268 g/mol.